The van der Waals surface area contributed by atoms with Gasteiger partial charge in [0.2, 0.25) is 6.10 Å². The van der Waals surface area contributed by atoms with Crippen LogP contribution in [0.25, 0.3) is 38.6 Å². The first-order chi connectivity index (χ1) is 25.8. The molecule has 0 radical (unpaired) electrons. The van der Waals surface area contributed by atoms with E-state index in [1.165, 1.54) is 54.6 Å². The second-order valence-corrected chi connectivity index (χ2v) is 13.0. The van der Waals surface area contributed by atoms with E-state index >= 15 is 0 Å². The number of phenols is 7. The molecule has 0 saturated carbocycles. The van der Waals surface area contributed by atoms with Crippen molar-refractivity contribution in [3.8, 4) is 62.5 Å². The van der Waals surface area contributed by atoms with Crippen molar-refractivity contribution in [1.29, 1.82) is 0 Å². The van der Waals surface area contributed by atoms with Gasteiger partial charge in [-0.3, -0.25) is 0 Å². The van der Waals surface area contributed by atoms with E-state index in [9.17, 15) is 50.4 Å². The standard InChI is InChI=1S/C42H43NO11/c1-3-5-6-8-24(18-39(50)54-41(42(52)53)33(22-43-4-2)26-12-14-34(45)35(46)17-26)31-21-38(49)40(51)28-13-11-25(16-32(28)31)30-20-37(48)36(47)19-29(30)23-9-7-10-27(44)15-23/h7,9-21,33,41,43-49,51H,3-6,8,22H2,1-2H3,(H,52,53)/t33-,41-/m1/s1. The first-order valence-electron chi connectivity index (χ1n) is 17.5. The van der Waals surface area contributed by atoms with Crippen molar-refractivity contribution in [3.05, 3.63) is 96.1 Å². The number of carboxylic acids is 1. The summed E-state index contributed by atoms with van der Waals surface area (Å²) in [5, 5.41) is 86.9. The molecule has 0 saturated heterocycles. The van der Waals surface area contributed by atoms with Crippen LogP contribution in [-0.2, 0) is 14.3 Å². The summed E-state index contributed by atoms with van der Waals surface area (Å²) >= 11 is 0. The first-order valence-corrected chi connectivity index (χ1v) is 17.5. The second kappa shape index (κ2) is 17.0. The van der Waals surface area contributed by atoms with Crippen molar-refractivity contribution in [2.45, 2.75) is 51.6 Å². The Balaban J connectivity index is 1.64. The summed E-state index contributed by atoms with van der Waals surface area (Å²) in [5.41, 5.74) is 3.06. The molecule has 54 heavy (non-hydrogen) atoms. The van der Waals surface area contributed by atoms with Crippen LogP contribution < -0.4 is 5.32 Å². The number of likely N-dealkylation sites (N-methyl/N-ethyl adjacent to an activating group) is 1. The molecule has 12 nitrogen and oxygen atoms in total. The molecule has 5 rings (SSSR count). The molecule has 0 fully saturated rings. The van der Waals surface area contributed by atoms with Crippen LogP contribution in [0.15, 0.2) is 84.9 Å². The van der Waals surface area contributed by atoms with Crippen molar-refractivity contribution in [3.63, 3.8) is 0 Å². The van der Waals surface area contributed by atoms with Gasteiger partial charge in [-0.15, -0.1) is 0 Å². The van der Waals surface area contributed by atoms with E-state index in [2.05, 4.69) is 5.32 Å². The molecule has 2 atom stereocenters. The van der Waals surface area contributed by atoms with Crippen molar-refractivity contribution >= 4 is 28.3 Å². The minimum atomic E-state index is -1.71. The fourth-order valence-electron chi connectivity index (χ4n) is 6.48. The summed E-state index contributed by atoms with van der Waals surface area (Å²) in [6, 6.07) is 19.2. The van der Waals surface area contributed by atoms with Gasteiger partial charge in [-0.2, -0.15) is 0 Å². The third-order valence-corrected chi connectivity index (χ3v) is 9.25. The molecule has 12 heteroatoms. The third-order valence-electron chi connectivity index (χ3n) is 9.25. The van der Waals surface area contributed by atoms with Crippen molar-refractivity contribution in [2.75, 3.05) is 13.1 Å². The van der Waals surface area contributed by atoms with Crippen LogP contribution in [0, 0.1) is 0 Å². The lowest BCUT2D eigenvalue weighted by Crippen LogP contribution is -2.38. The smallest absolute Gasteiger partial charge is 0.345 e. The van der Waals surface area contributed by atoms with Gasteiger partial charge in [-0.25, -0.2) is 9.59 Å². The lowest BCUT2D eigenvalue weighted by atomic mass is 9.89. The fourth-order valence-corrected chi connectivity index (χ4v) is 6.48. The topological polar surface area (TPSA) is 217 Å². The largest absolute Gasteiger partial charge is 0.508 e. The van der Waals surface area contributed by atoms with Crippen molar-refractivity contribution in [2.24, 2.45) is 0 Å². The van der Waals surface area contributed by atoms with Crippen molar-refractivity contribution in [1.82, 2.24) is 5.32 Å². The lowest BCUT2D eigenvalue weighted by molar-refractivity contribution is -0.162. The van der Waals surface area contributed by atoms with E-state index in [-0.39, 0.29) is 23.4 Å². The Kier molecular flexibility index (Phi) is 12.2. The molecule has 0 heterocycles. The van der Waals surface area contributed by atoms with Gasteiger partial charge in [0.1, 0.15) is 5.75 Å². The Hall–Kier alpha value is -6.40. The maximum absolute atomic E-state index is 13.7. The molecule has 5 aromatic carbocycles. The number of hydrogen-bond acceptors (Lipinski definition) is 11. The Morgan fingerprint density at radius 1 is 0.722 bits per heavy atom. The fraction of sp³-hybridized carbons (Fsp3) is 0.238. The number of phenolic OH excluding ortho intramolecular Hbond substituents is 7. The summed E-state index contributed by atoms with van der Waals surface area (Å²) in [7, 11) is 0. The Bertz CT molecular complexity index is 2210. The van der Waals surface area contributed by atoms with Crippen LogP contribution in [0.1, 0.15) is 56.6 Å². The van der Waals surface area contributed by atoms with Gasteiger partial charge in [0, 0.05) is 23.9 Å². The van der Waals surface area contributed by atoms with Gasteiger partial charge in [0.15, 0.2) is 34.5 Å². The first kappa shape index (κ1) is 38.8. The molecule has 9 N–H and O–H groups in total. The molecule has 0 aliphatic rings. The minimum absolute atomic E-state index is 0.0137. The summed E-state index contributed by atoms with van der Waals surface area (Å²) in [4.78, 5) is 26.3. The molecule has 0 aliphatic carbocycles. The summed E-state index contributed by atoms with van der Waals surface area (Å²) in [5.74, 6) is -5.88. The van der Waals surface area contributed by atoms with Gasteiger partial charge >= 0.3 is 11.9 Å². The van der Waals surface area contributed by atoms with E-state index < -0.39 is 52.7 Å². The predicted octanol–water partition coefficient (Wildman–Crippen LogP) is 7.47. The lowest BCUT2D eigenvalue weighted by Gasteiger charge is -2.25. The quantitative estimate of drug-likeness (QED) is 0.0221. The predicted molar refractivity (Wildman–Crippen MR) is 204 cm³/mol. The minimum Gasteiger partial charge on any atom is -0.508 e. The number of aliphatic carboxylic acids is 1. The van der Waals surface area contributed by atoms with Gasteiger partial charge in [0.05, 0.1) is 0 Å². The van der Waals surface area contributed by atoms with E-state index in [0.717, 1.165) is 12.8 Å². The Morgan fingerprint density at radius 2 is 1.41 bits per heavy atom. The maximum Gasteiger partial charge on any atom is 0.345 e. The number of nitrogens with one attached hydrogen (secondary N) is 1. The number of rotatable bonds is 15. The molecule has 0 amide bonds. The number of benzene rings is 5. The normalized spacial score (nSPS) is 12.7. The van der Waals surface area contributed by atoms with Crippen LogP contribution >= 0.6 is 0 Å². The third kappa shape index (κ3) is 8.62. The number of hydrogen-bond donors (Lipinski definition) is 9. The van der Waals surface area contributed by atoms with Crippen LogP contribution in [0.5, 0.6) is 40.2 Å². The van der Waals surface area contributed by atoms with E-state index in [1.807, 2.05) is 13.8 Å². The molecule has 0 spiro atoms. The summed E-state index contributed by atoms with van der Waals surface area (Å²) in [6.45, 7) is 4.36. The number of esters is 1. The van der Waals surface area contributed by atoms with E-state index in [4.69, 9.17) is 4.74 Å². The van der Waals surface area contributed by atoms with Crippen LogP contribution in [-0.4, -0.2) is 72.0 Å². The zero-order valence-corrected chi connectivity index (χ0v) is 29.8. The molecule has 0 aromatic heterocycles. The summed E-state index contributed by atoms with van der Waals surface area (Å²) in [6.07, 6.45) is 2.02. The molecule has 5 aromatic rings. The highest BCUT2D eigenvalue weighted by atomic mass is 16.6. The molecule has 0 aliphatic heterocycles. The van der Waals surface area contributed by atoms with Crippen LogP contribution in [0.3, 0.4) is 0 Å². The Morgan fingerprint density at radius 3 is 2.04 bits per heavy atom. The number of unbranched alkanes of at least 4 members (excludes halogenated alkanes) is 2. The monoisotopic (exact) mass is 737 g/mol. The zero-order valence-electron chi connectivity index (χ0n) is 29.8. The van der Waals surface area contributed by atoms with E-state index in [0.29, 0.717) is 63.7 Å². The average molecular weight is 738 g/mol. The Labute approximate surface area is 311 Å². The number of carbonyl (C=O) groups excluding carboxylic acids is 1. The second-order valence-electron chi connectivity index (χ2n) is 13.0. The number of carbonyl (C=O) groups is 2. The number of carboxylic acid groups (broad SMARTS) is 1. The van der Waals surface area contributed by atoms with Gasteiger partial charge in [-0.1, -0.05) is 51.0 Å². The number of allylic oxidation sites excluding steroid dienone is 1. The van der Waals surface area contributed by atoms with E-state index in [1.54, 1.807) is 30.3 Å². The zero-order chi connectivity index (χ0) is 39.1. The molecule has 282 valence electrons. The highest BCUT2D eigenvalue weighted by molar-refractivity contribution is 6.05. The molecular weight excluding hydrogens is 694 g/mol. The maximum atomic E-state index is 13.7. The van der Waals surface area contributed by atoms with Crippen LogP contribution in [0.2, 0.25) is 0 Å². The number of aromatic hydroxyl groups is 7. The number of ether oxygens (including phenoxy) is 1. The number of fused-ring (bicyclic) bond motifs is 1. The van der Waals surface area contributed by atoms with Crippen LogP contribution in [0.4, 0.5) is 0 Å². The average Bonchev–Trinajstić information content (AvgIpc) is 3.14. The molecule has 0 unspecified atom stereocenters. The SMILES string of the molecule is CCCCCC(=CC(=O)O[C@@H](C(=O)O)[C@H](CNCC)c1ccc(O)c(O)c1)c1cc(O)c(O)c2ccc(-c3cc(O)c(O)cc3-c3cccc(O)c3)cc12. The molecule has 0 bridgehead atoms. The highest BCUT2D eigenvalue weighted by Gasteiger charge is 2.33. The van der Waals surface area contributed by atoms with Gasteiger partial charge < -0.3 is 50.9 Å². The molecular formula is C42H43NO11. The summed E-state index contributed by atoms with van der Waals surface area (Å²) < 4.78 is 5.63. The van der Waals surface area contributed by atoms with Gasteiger partial charge in [0.25, 0.3) is 0 Å². The van der Waals surface area contributed by atoms with Gasteiger partial charge in [-0.05, 0) is 118 Å². The van der Waals surface area contributed by atoms with Crippen molar-refractivity contribution < 1.29 is 55.2 Å². The highest BCUT2D eigenvalue weighted by Crippen LogP contribution is 2.45.